The number of amides is 1. The van der Waals surface area contributed by atoms with Crippen LogP contribution in [-0.2, 0) is 11.3 Å². The molecule has 118 valence electrons. The van der Waals surface area contributed by atoms with Crippen molar-refractivity contribution in [1.29, 1.82) is 0 Å². The molecule has 1 aromatic rings. The highest BCUT2D eigenvalue weighted by atomic mass is 79.9. The van der Waals surface area contributed by atoms with E-state index in [-0.39, 0.29) is 5.91 Å². The molecule has 0 saturated heterocycles. The maximum atomic E-state index is 12.2. The molecule has 1 atom stereocenters. The number of hydrogen-bond acceptors (Lipinski definition) is 2. The molecule has 0 aliphatic heterocycles. The summed E-state index contributed by atoms with van der Waals surface area (Å²) in [6, 6.07) is 8.08. The minimum atomic E-state index is 0.206. The molecule has 21 heavy (non-hydrogen) atoms. The maximum absolute atomic E-state index is 12.2. The molecule has 0 aromatic heterocycles. The molecule has 0 spiro atoms. The second-order valence-corrected chi connectivity index (χ2v) is 6.92. The van der Waals surface area contributed by atoms with Crippen LogP contribution in [0.1, 0.15) is 38.7 Å². The molecule has 0 heterocycles. The van der Waals surface area contributed by atoms with Gasteiger partial charge in [-0.25, -0.2) is 0 Å². The minimum Gasteiger partial charge on any atom is -0.341 e. The normalized spacial score (nSPS) is 12.5. The lowest BCUT2D eigenvalue weighted by atomic mass is 9.88. The fourth-order valence-electron chi connectivity index (χ4n) is 2.52. The van der Waals surface area contributed by atoms with Crippen LogP contribution in [0.4, 0.5) is 0 Å². The van der Waals surface area contributed by atoms with Crippen LogP contribution in [0.3, 0.4) is 0 Å². The largest absolute Gasteiger partial charge is 0.341 e. The molecule has 1 rings (SSSR count). The van der Waals surface area contributed by atoms with E-state index in [1.165, 1.54) is 0 Å². The predicted molar refractivity (Wildman–Crippen MR) is 91.8 cm³/mol. The third kappa shape index (κ3) is 6.62. The Morgan fingerprint density at radius 3 is 2.62 bits per heavy atom. The van der Waals surface area contributed by atoms with Crippen molar-refractivity contribution in [1.82, 2.24) is 4.90 Å². The average molecular weight is 355 g/mol. The quantitative estimate of drug-likeness (QED) is 0.771. The fourth-order valence-corrected chi connectivity index (χ4v) is 2.97. The van der Waals surface area contributed by atoms with Gasteiger partial charge in [0.05, 0.1) is 0 Å². The smallest absolute Gasteiger partial charge is 0.222 e. The first-order valence-corrected chi connectivity index (χ1v) is 8.41. The Bertz CT molecular complexity index is 448. The van der Waals surface area contributed by atoms with Crippen LogP contribution in [0.25, 0.3) is 0 Å². The summed E-state index contributed by atoms with van der Waals surface area (Å²) in [7, 11) is 1.87. The van der Waals surface area contributed by atoms with Crippen LogP contribution in [0, 0.1) is 11.8 Å². The molecule has 3 nitrogen and oxygen atoms in total. The van der Waals surface area contributed by atoms with Gasteiger partial charge in [-0.15, -0.1) is 0 Å². The van der Waals surface area contributed by atoms with Gasteiger partial charge in [0.1, 0.15) is 0 Å². The van der Waals surface area contributed by atoms with Crippen molar-refractivity contribution in [3.05, 3.63) is 34.3 Å². The summed E-state index contributed by atoms with van der Waals surface area (Å²) < 4.78 is 1.05. The van der Waals surface area contributed by atoms with Crippen LogP contribution in [0.2, 0.25) is 0 Å². The third-order valence-corrected chi connectivity index (χ3v) is 4.44. The number of benzene rings is 1. The summed E-state index contributed by atoms with van der Waals surface area (Å²) in [6.07, 6.45) is 2.53. The Hall–Kier alpha value is -0.870. The number of hydrogen-bond donors (Lipinski definition) is 1. The van der Waals surface area contributed by atoms with Gasteiger partial charge in [0.25, 0.3) is 0 Å². The van der Waals surface area contributed by atoms with E-state index in [0.29, 0.717) is 31.3 Å². The molecule has 1 unspecified atom stereocenters. The number of rotatable bonds is 8. The fraction of sp³-hybridized carbons (Fsp3) is 0.588. The molecular weight excluding hydrogens is 328 g/mol. The summed E-state index contributed by atoms with van der Waals surface area (Å²) in [5, 5.41) is 0. The van der Waals surface area contributed by atoms with E-state index in [1.54, 1.807) is 0 Å². The molecule has 2 N–H and O–H groups in total. The molecular formula is C17H27BrN2O. The van der Waals surface area contributed by atoms with Gasteiger partial charge < -0.3 is 10.6 Å². The third-order valence-electron chi connectivity index (χ3n) is 3.94. The number of halogens is 1. The lowest BCUT2D eigenvalue weighted by Gasteiger charge is -2.22. The zero-order chi connectivity index (χ0) is 15.8. The Labute approximate surface area is 137 Å². The van der Waals surface area contributed by atoms with Crippen molar-refractivity contribution in [3.63, 3.8) is 0 Å². The van der Waals surface area contributed by atoms with Gasteiger partial charge in [0, 0.05) is 24.5 Å². The van der Waals surface area contributed by atoms with E-state index in [4.69, 9.17) is 5.73 Å². The van der Waals surface area contributed by atoms with Gasteiger partial charge in [-0.1, -0.05) is 41.9 Å². The first-order valence-electron chi connectivity index (χ1n) is 7.62. The molecule has 0 aliphatic rings. The zero-order valence-corrected chi connectivity index (χ0v) is 14.9. The number of nitrogens with zero attached hydrogens (tertiary/aromatic N) is 1. The van der Waals surface area contributed by atoms with Crippen LogP contribution in [-0.4, -0.2) is 24.4 Å². The molecule has 4 heteroatoms. The van der Waals surface area contributed by atoms with E-state index in [9.17, 15) is 4.79 Å². The molecule has 0 bridgehead atoms. The van der Waals surface area contributed by atoms with Crippen LogP contribution < -0.4 is 5.73 Å². The Kier molecular flexibility index (Phi) is 7.97. The van der Waals surface area contributed by atoms with Gasteiger partial charge in [0.2, 0.25) is 5.91 Å². The van der Waals surface area contributed by atoms with Gasteiger partial charge in [-0.2, -0.15) is 0 Å². The second kappa shape index (κ2) is 9.21. The first-order chi connectivity index (χ1) is 9.93. The van der Waals surface area contributed by atoms with Crippen LogP contribution in [0.5, 0.6) is 0 Å². The lowest BCUT2D eigenvalue weighted by Crippen LogP contribution is -2.27. The molecule has 0 fully saturated rings. The highest BCUT2D eigenvalue weighted by Crippen LogP contribution is 2.21. The summed E-state index contributed by atoms with van der Waals surface area (Å²) in [4.78, 5) is 14.1. The molecule has 1 amide bonds. The van der Waals surface area contributed by atoms with Crippen molar-refractivity contribution in [2.75, 3.05) is 13.6 Å². The van der Waals surface area contributed by atoms with E-state index >= 15 is 0 Å². The second-order valence-electron chi connectivity index (χ2n) is 6.00. The Morgan fingerprint density at radius 1 is 1.33 bits per heavy atom. The summed E-state index contributed by atoms with van der Waals surface area (Å²) >= 11 is 3.46. The summed E-state index contributed by atoms with van der Waals surface area (Å²) in [5.41, 5.74) is 6.79. The Morgan fingerprint density at radius 2 is 2.05 bits per heavy atom. The monoisotopic (exact) mass is 354 g/mol. The van der Waals surface area contributed by atoms with E-state index in [0.717, 1.165) is 22.9 Å². The molecule has 1 aromatic carbocycles. The number of carbonyl (C=O) groups is 1. The Balaban J connectivity index is 2.47. The van der Waals surface area contributed by atoms with Crippen molar-refractivity contribution >= 4 is 21.8 Å². The molecule has 0 radical (unpaired) electrons. The standard InChI is InChI=1S/C17H27BrN2O/c1-13(2)15(9-10-19)7-8-17(21)20(3)12-14-5-4-6-16(18)11-14/h4-6,11,13,15H,7-10,12,19H2,1-3H3. The molecule has 0 saturated carbocycles. The zero-order valence-electron chi connectivity index (χ0n) is 13.3. The summed E-state index contributed by atoms with van der Waals surface area (Å²) in [5.74, 6) is 1.33. The van der Waals surface area contributed by atoms with Crippen LogP contribution in [0.15, 0.2) is 28.7 Å². The van der Waals surface area contributed by atoms with Gasteiger partial charge >= 0.3 is 0 Å². The van der Waals surface area contributed by atoms with E-state index in [2.05, 4.69) is 35.8 Å². The van der Waals surface area contributed by atoms with Crippen LogP contribution >= 0.6 is 15.9 Å². The number of carbonyl (C=O) groups excluding carboxylic acids is 1. The van der Waals surface area contributed by atoms with Gasteiger partial charge in [-0.05, 0) is 48.9 Å². The topological polar surface area (TPSA) is 46.3 Å². The minimum absolute atomic E-state index is 0.206. The summed E-state index contributed by atoms with van der Waals surface area (Å²) in [6.45, 7) is 5.76. The number of nitrogens with two attached hydrogens (primary N) is 1. The highest BCUT2D eigenvalue weighted by molar-refractivity contribution is 9.10. The lowest BCUT2D eigenvalue weighted by molar-refractivity contribution is -0.130. The maximum Gasteiger partial charge on any atom is 0.222 e. The van der Waals surface area contributed by atoms with Gasteiger partial charge in [0.15, 0.2) is 0 Å². The predicted octanol–water partition coefficient (Wildman–Crippen LogP) is 3.81. The first kappa shape index (κ1) is 18.2. The van der Waals surface area contributed by atoms with E-state index < -0.39 is 0 Å². The highest BCUT2D eigenvalue weighted by Gasteiger charge is 2.16. The molecule has 0 aliphatic carbocycles. The van der Waals surface area contributed by atoms with Crippen molar-refractivity contribution in [3.8, 4) is 0 Å². The van der Waals surface area contributed by atoms with Crippen molar-refractivity contribution < 1.29 is 4.79 Å². The van der Waals surface area contributed by atoms with Crippen molar-refractivity contribution in [2.45, 2.75) is 39.7 Å². The van der Waals surface area contributed by atoms with E-state index in [1.807, 2.05) is 30.1 Å². The van der Waals surface area contributed by atoms with Gasteiger partial charge in [-0.3, -0.25) is 4.79 Å². The average Bonchev–Trinajstić information content (AvgIpc) is 2.42. The SMILES string of the molecule is CC(C)C(CCN)CCC(=O)N(C)Cc1cccc(Br)c1. The van der Waals surface area contributed by atoms with Crippen molar-refractivity contribution in [2.24, 2.45) is 17.6 Å².